The third kappa shape index (κ3) is 3.51. The summed E-state index contributed by atoms with van der Waals surface area (Å²) < 4.78 is 1.04. The van der Waals surface area contributed by atoms with Gasteiger partial charge in [0.15, 0.2) is 0 Å². The molecule has 4 aromatic carbocycles. The normalized spacial score (nSPS) is 18.3. The van der Waals surface area contributed by atoms with E-state index in [9.17, 15) is 4.79 Å². The maximum absolute atomic E-state index is 13.5. The van der Waals surface area contributed by atoms with Gasteiger partial charge in [-0.2, -0.15) is 0 Å². The van der Waals surface area contributed by atoms with Crippen molar-refractivity contribution >= 4 is 50.1 Å². The number of halogens is 1. The molecule has 0 saturated heterocycles. The lowest BCUT2D eigenvalue weighted by atomic mass is 9.77. The van der Waals surface area contributed by atoms with Crippen molar-refractivity contribution in [2.24, 2.45) is 0 Å². The van der Waals surface area contributed by atoms with E-state index in [4.69, 9.17) is 0 Å². The predicted molar refractivity (Wildman–Crippen MR) is 149 cm³/mol. The van der Waals surface area contributed by atoms with Gasteiger partial charge in [0.05, 0.1) is 5.92 Å². The number of allylic oxidation sites excluding steroid dienone is 1. The minimum Gasteiger partial charge on any atom is -0.377 e. The van der Waals surface area contributed by atoms with Crippen molar-refractivity contribution in [3.05, 3.63) is 111 Å². The van der Waals surface area contributed by atoms with Crippen LogP contribution in [0.5, 0.6) is 0 Å². The van der Waals surface area contributed by atoms with Crippen LogP contribution in [0.1, 0.15) is 39.7 Å². The quantitative estimate of drug-likeness (QED) is 0.302. The highest BCUT2D eigenvalue weighted by Crippen LogP contribution is 2.52. The third-order valence-electron chi connectivity index (χ3n) is 7.57. The molecule has 0 spiro atoms. The SMILES string of the molecule is Cc1c(Br)ccc2c1C(C1C(Cc3ccc(N(C)C)c4ccccc34)=Cc3ccccc31)C(=O)N2. The van der Waals surface area contributed by atoms with E-state index in [1.54, 1.807) is 0 Å². The minimum atomic E-state index is -0.246. The summed E-state index contributed by atoms with van der Waals surface area (Å²) in [5.41, 5.74) is 9.44. The molecule has 4 heteroatoms. The van der Waals surface area contributed by atoms with Crippen molar-refractivity contribution in [3.63, 3.8) is 0 Å². The summed E-state index contributed by atoms with van der Waals surface area (Å²) in [5.74, 6) is -0.154. The Bertz CT molecular complexity index is 1530. The van der Waals surface area contributed by atoms with Crippen LogP contribution in [-0.4, -0.2) is 20.0 Å². The van der Waals surface area contributed by atoms with E-state index in [2.05, 4.69) is 114 Å². The van der Waals surface area contributed by atoms with E-state index in [1.807, 2.05) is 12.1 Å². The number of nitrogens with one attached hydrogen (secondary N) is 1. The summed E-state index contributed by atoms with van der Waals surface area (Å²) in [5, 5.41) is 5.69. The van der Waals surface area contributed by atoms with E-state index in [0.717, 1.165) is 27.7 Å². The number of carbonyl (C=O) groups is 1. The fourth-order valence-electron chi connectivity index (χ4n) is 5.95. The standard InChI is InChI=1S/C31H27BrN2O/c1-18-25(32)13-14-26-28(18)30(31(35)33-26)29-21(16-19-8-4-5-10-23(19)29)17-20-12-15-27(34(2)3)24-11-7-6-9-22(20)24/h4-16,29-30H,17H2,1-3H3,(H,33,35). The van der Waals surface area contributed by atoms with Crippen LogP contribution < -0.4 is 10.2 Å². The van der Waals surface area contributed by atoms with Crippen molar-refractivity contribution in [2.75, 3.05) is 24.3 Å². The molecule has 0 radical (unpaired) electrons. The summed E-state index contributed by atoms with van der Waals surface area (Å²) in [7, 11) is 4.18. The van der Waals surface area contributed by atoms with Crippen LogP contribution in [0.4, 0.5) is 11.4 Å². The first-order valence-corrected chi connectivity index (χ1v) is 12.8. The van der Waals surface area contributed by atoms with Crippen molar-refractivity contribution in [1.29, 1.82) is 0 Å². The summed E-state index contributed by atoms with van der Waals surface area (Å²) in [4.78, 5) is 15.6. The van der Waals surface area contributed by atoms with Gasteiger partial charge in [-0.1, -0.05) is 82.2 Å². The average Bonchev–Trinajstić information content (AvgIpc) is 3.37. The highest BCUT2D eigenvalue weighted by molar-refractivity contribution is 9.10. The van der Waals surface area contributed by atoms with Crippen LogP contribution in [-0.2, 0) is 11.2 Å². The topological polar surface area (TPSA) is 32.3 Å². The van der Waals surface area contributed by atoms with Crippen LogP contribution in [0.25, 0.3) is 16.8 Å². The molecule has 0 bridgehead atoms. The largest absolute Gasteiger partial charge is 0.377 e. The Labute approximate surface area is 214 Å². The summed E-state index contributed by atoms with van der Waals surface area (Å²) in [6.07, 6.45) is 3.12. The molecule has 174 valence electrons. The minimum absolute atomic E-state index is 0.00716. The Morgan fingerprint density at radius 2 is 1.63 bits per heavy atom. The molecule has 35 heavy (non-hydrogen) atoms. The number of hydrogen-bond donors (Lipinski definition) is 1. The number of anilines is 2. The second kappa shape index (κ2) is 8.39. The molecule has 2 unspecified atom stereocenters. The molecule has 0 saturated carbocycles. The summed E-state index contributed by atoms with van der Waals surface area (Å²) in [6, 6.07) is 25.7. The maximum Gasteiger partial charge on any atom is 0.232 e. The molecule has 0 fully saturated rings. The molecule has 0 aromatic heterocycles. The Hall–Kier alpha value is -3.37. The van der Waals surface area contributed by atoms with Gasteiger partial charge >= 0.3 is 0 Å². The zero-order valence-electron chi connectivity index (χ0n) is 20.1. The predicted octanol–water partition coefficient (Wildman–Crippen LogP) is 7.44. The average molecular weight is 523 g/mol. The summed E-state index contributed by atoms with van der Waals surface area (Å²) >= 11 is 3.69. The fraction of sp³-hybridized carbons (Fsp3) is 0.194. The molecule has 4 aromatic rings. The van der Waals surface area contributed by atoms with Crippen LogP contribution >= 0.6 is 15.9 Å². The van der Waals surface area contributed by atoms with Gasteiger partial charge in [-0.05, 0) is 64.7 Å². The zero-order valence-corrected chi connectivity index (χ0v) is 21.7. The van der Waals surface area contributed by atoms with Gasteiger partial charge in [0.2, 0.25) is 5.91 Å². The van der Waals surface area contributed by atoms with Crippen LogP contribution in [0, 0.1) is 6.92 Å². The van der Waals surface area contributed by atoms with Crippen LogP contribution in [0.3, 0.4) is 0 Å². The first-order chi connectivity index (χ1) is 16.9. The zero-order chi connectivity index (χ0) is 24.3. The van der Waals surface area contributed by atoms with E-state index < -0.39 is 0 Å². The lowest BCUT2D eigenvalue weighted by molar-refractivity contribution is -0.117. The second-order valence-electron chi connectivity index (χ2n) is 9.79. The molecule has 3 nitrogen and oxygen atoms in total. The number of benzene rings is 4. The molecule has 2 aliphatic rings. The Morgan fingerprint density at radius 1 is 0.886 bits per heavy atom. The molecule has 1 aliphatic carbocycles. The molecule has 1 N–H and O–H groups in total. The lowest BCUT2D eigenvalue weighted by Gasteiger charge is -2.25. The van der Waals surface area contributed by atoms with E-state index >= 15 is 0 Å². The molecule has 2 atom stereocenters. The van der Waals surface area contributed by atoms with Gasteiger partial charge in [-0.25, -0.2) is 0 Å². The highest BCUT2D eigenvalue weighted by atomic mass is 79.9. The fourth-order valence-corrected chi connectivity index (χ4v) is 6.30. The Morgan fingerprint density at radius 3 is 2.43 bits per heavy atom. The van der Waals surface area contributed by atoms with Crippen LogP contribution in [0.2, 0.25) is 0 Å². The van der Waals surface area contributed by atoms with E-state index in [0.29, 0.717) is 0 Å². The van der Waals surface area contributed by atoms with Gasteiger partial charge < -0.3 is 10.2 Å². The molecular weight excluding hydrogens is 496 g/mol. The van der Waals surface area contributed by atoms with E-state index in [1.165, 1.54) is 38.7 Å². The van der Waals surface area contributed by atoms with Gasteiger partial charge in [-0.15, -0.1) is 0 Å². The molecule has 6 rings (SSSR count). The van der Waals surface area contributed by atoms with E-state index in [-0.39, 0.29) is 17.7 Å². The van der Waals surface area contributed by atoms with Gasteiger partial charge in [0.25, 0.3) is 0 Å². The molecule has 1 amide bonds. The Balaban J connectivity index is 1.49. The number of hydrogen-bond acceptors (Lipinski definition) is 2. The number of carbonyl (C=O) groups excluding carboxylic acids is 1. The van der Waals surface area contributed by atoms with Crippen molar-refractivity contribution in [2.45, 2.75) is 25.2 Å². The van der Waals surface area contributed by atoms with Crippen LogP contribution in [0.15, 0.2) is 82.8 Å². The molecular formula is C31H27BrN2O. The number of fused-ring (bicyclic) bond motifs is 3. The number of amides is 1. The van der Waals surface area contributed by atoms with Gasteiger partial charge in [0, 0.05) is 41.2 Å². The molecule has 1 heterocycles. The second-order valence-corrected chi connectivity index (χ2v) is 10.6. The number of rotatable bonds is 4. The smallest absolute Gasteiger partial charge is 0.232 e. The maximum atomic E-state index is 13.5. The first kappa shape index (κ1) is 22.1. The van der Waals surface area contributed by atoms with Gasteiger partial charge in [0.1, 0.15) is 0 Å². The first-order valence-electron chi connectivity index (χ1n) is 12.0. The van der Waals surface area contributed by atoms with Crippen molar-refractivity contribution in [3.8, 4) is 0 Å². The molecule has 1 aliphatic heterocycles. The number of nitrogens with zero attached hydrogens (tertiary/aromatic N) is 1. The van der Waals surface area contributed by atoms with Gasteiger partial charge in [-0.3, -0.25) is 4.79 Å². The third-order valence-corrected chi connectivity index (χ3v) is 8.43. The highest BCUT2D eigenvalue weighted by Gasteiger charge is 2.43. The van der Waals surface area contributed by atoms with Crippen molar-refractivity contribution in [1.82, 2.24) is 0 Å². The lowest BCUT2D eigenvalue weighted by Crippen LogP contribution is -2.21. The summed E-state index contributed by atoms with van der Waals surface area (Å²) in [6.45, 7) is 2.11. The Kier molecular flexibility index (Phi) is 5.30. The monoisotopic (exact) mass is 522 g/mol. The van der Waals surface area contributed by atoms with Crippen molar-refractivity contribution < 1.29 is 4.79 Å².